The summed E-state index contributed by atoms with van der Waals surface area (Å²) in [6.45, 7) is 10.8. The van der Waals surface area contributed by atoms with E-state index < -0.39 is 34.1 Å². The van der Waals surface area contributed by atoms with Crippen LogP contribution in [0.1, 0.15) is 50.8 Å². The zero-order valence-corrected chi connectivity index (χ0v) is 27.1. The van der Waals surface area contributed by atoms with Crippen molar-refractivity contribution in [2.75, 3.05) is 25.1 Å². The average molecular weight is 610 g/mol. The lowest BCUT2D eigenvalue weighted by Gasteiger charge is -2.35. The van der Waals surface area contributed by atoms with E-state index in [2.05, 4.69) is 5.32 Å². The van der Waals surface area contributed by atoms with E-state index in [-0.39, 0.29) is 23.0 Å². The van der Waals surface area contributed by atoms with E-state index in [1.807, 2.05) is 65.8 Å². The Balaban J connectivity index is 2.13. The lowest BCUT2D eigenvalue weighted by atomic mass is 10.0. The molecule has 10 heteroatoms. The van der Waals surface area contributed by atoms with Crippen LogP contribution in [-0.4, -0.2) is 57.5 Å². The molecule has 1 N–H and O–H groups in total. The zero-order chi connectivity index (χ0) is 31.9. The minimum atomic E-state index is -4.22. The Kier molecular flexibility index (Phi) is 10.9. The Morgan fingerprint density at radius 2 is 1.53 bits per heavy atom. The molecule has 0 heterocycles. The van der Waals surface area contributed by atoms with Gasteiger partial charge in [0.05, 0.1) is 24.8 Å². The first-order valence-electron chi connectivity index (χ1n) is 14.2. The first-order chi connectivity index (χ1) is 20.2. The number of benzene rings is 3. The largest absolute Gasteiger partial charge is 0.493 e. The lowest BCUT2D eigenvalue weighted by Crippen LogP contribution is -2.55. The fourth-order valence-corrected chi connectivity index (χ4v) is 6.13. The molecule has 0 saturated carbocycles. The first-order valence-corrected chi connectivity index (χ1v) is 15.6. The summed E-state index contributed by atoms with van der Waals surface area (Å²) in [4.78, 5) is 29.3. The molecule has 2 amide bonds. The van der Waals surface area contributed by atoms with Crippen molar-refractivity contribution >= 4 is 27.5 Å². The Labute approximate surface area is 255 Å². The van der Waals surface area contributed by atoms with Crippen molar-refractivity contribution in [3.8, 4) is 11.5 Å². The predicted octanol–water partition coefficient (Wildman–Crippen LogP) is 5.24. The van der Waals surface area contributed by atoms with Crippen LogP contribution in [0.5, 0.6) is 11.5 Å². The molecule has 0 aromatic heterocycles. The molecular formula is C33H43N3O6S. The molecule has 0 fully saturated rings. The molecule has 3 aromatic carbocycles. The summed E-state index contributed by atoms with van der Waals surface area (Å²) in [5, 5.41) is 2.98. The third-order valence-electron chi connectivity index (χ3n) is 6.86. The van der Waals surface area contributed by atoms with Crippen molar-refractivity contribution in [2.24, 2.45) is 0 Å². The number of anilines is 1. The van der Waals surface area contributed by atoms with Crippen molar-refractivity contribution < 1.29 is 27.5 Å². The Morgan fingerprint density at radius 1 is 0.884 bits per heavy atom. The summed E-state index contributed by atoms with van der Waals surface area (Å²) in [7, 11) is -1.28. The van der Waals surface area contributed by atoms with Crippen LogP contribution >= 0.6 is 0 Å². The van der Waals surface area contributed by atoms with Crippen molar-refractivity contribution in [1.82, 2.24) is 10.2 Å². The van der Waals surface area contributed by atoms with E-state index in [0.29, 0.717) is 17.9 Å². The van der Waals surface area contributed by atoms with Gasteiger partial charge in [0, 0.05) is 18.2 Å². The maximum atomic E-state index is 14.3. The van der Waals surface area contributed by atoms with Crippen LogP contribution in [0, 0.1) is 13.8 Å². The minimum absolute atomic E-state index is 0.0310. The van der Waals surface area contributed by atoms with E-state index in [0.717, 1.165) is 21.0 Å². The van der Waals surface area contributed by atoms with Gasteiger partial charge in [-0.05, 0) is 70.9 Å². The van der Waals surface area contributed by atoms with Gasteiger partial charge >= 0.3 is 0 Å². The molecular weight excluding hydrogens is 566 g/mol. The number of amides is 2. The third kappa shape index (κ3) is 8.50. The van der Waals surface area contributed by atoms with Gasteiger partial charge in [0.2, 0.25) is 11.8 Å². The van der Waals surface area contributed by atoms with Crippen molar-refractivity contribution in [1.29, 1.82) is 0 Å². The topological polar surface area (TPSA) is 105 Å². The monoisotopic (exact) mass is 609 g/mol. The second kappa shape index (κ2) is 13.9. The van der Waals surface area contributed by atoms with Gasteiger partial charge in [-0.2, -0.15) is 0 Å². The molecule has 232 valence electrons. The van der Waals surface area contributed by atoms with Crippen LogP contribution in [-0.2, 0) is 26.2 Å². The van der Waals surface area contributed by atoms with Gasteiger partial charge < -0.3 is 19.7 Å². The number of rotatable bonds is 12. The smallest absolute Gasteiger partial charge is 0.264 e. The number of nitrogens with zero attached hydrogens (tertiary/aromatic N) is 2. The Hall–Kier alpha value is -4.05. The van der Waals surface area contributed by atoms with Gasteiger partial charge in [0.1, 0.15) is 12.6 Å². The highest BCUT2D eigenvalue weighted by molar-refractivity contribution is 7.92. The summed E-state index contributed by atoms with van der Waals surface area (Å²) in [5.74, 6) is -0.113. The Bertz CT molecular complexity index is 1530. The number of nitrogens with one attached hydrogen (secondary N) is 1. The number of aryl methyl sites for hydroxylation is 2. The van der Waals surface area contributed by atoms with Crippen molar-refractivity contribution in [3.05, 3.63) is 83.4 Å². The number of hydrogen-bond acceptors (Lipinski definition) is 6. The Morgan fingerprint density at radius 3 is 2.09 bits per heavy atom. The summed E-state index contributed by atoms with van der Waals surface area (Å²) in [6, 6.07) is 18.0. The van der Waals surface area contributed by atoms with Gasteiger partial charge in [-0.3, -0.25) is 13.9 Å². The maximum Gasteiger partial charge on any atom is 0.264 e. The van der Waals surface area contributed by atoms with Crippen LogP contribution in [0.25, 0.3) is 0 Å². The molecule has 1 atom stereocenters. The molecule has 9 nitrogen and oxygen atoms in total. The fraction of sp³-hybridized carbons (Fsp3) is 0.394. The first kappa shape index (κ1) is 33.5. The molecule has 0 aliphatic heterocycles. The highest BCUT2D eigenvalue weighted by Gasteiger charge is 2.35. The molecule has 3 aromatic rings. The van der Waals surface area contributed by atoms with Gasteiger partial charge in [-0.1, -0.05) is 54.4 Å². The highest BCUT2D eigenvalue weighted by Crippen LogP contribution is 2.34. The number of sulfonamides is 1. The molecule has 0 bridgehead atoms. The van der Waals surface area contributed by atoms with E-state index >= 15 is 0 Å². The molecule has 0 unspecified atom stereocenters. The average Bonchev–Trinajstić information content (AvgIpc) is 2.94. The van der Waals surface area contributed by atoms with Crippen LogP contribution in [0.2, 0.25) is 0 Å². The zero-order valence-electron chi connectivity index (χ0n) is 26.3. The van der Waals surface area contributed by atoms with E-state index in [1.165, 1.54) is 37.3 Å². The minimum Gasteiger partial charge on any atom is -0.493 e. The number of ether oxygens (including phenoxy) is 2. The fourth-order valence-electron chi connectivity index (χ4n) is 4.73. The van der Waals surface area contributed by atoms with Crippen molar-refractivity contribution in [2.45, 2.75) is 71.0 Å². The second-order valence-electron chi connectivity index (χ2n) is 11.5. The molecule has 0 aliphatic carbocycles. The van der Waals surface area contributed by atoms with E-state index in [1.54, 1.807) is 24.3 Å². The predicted molar refractivity (Wildman–Crippen MR) is 169 cm³/mol. The van der Waals surface area contributed by atoms with Gasteiger partial charge in [-0.15, -0.1) is 0 Å². The maximum absolute atomic E-state index is 14.3. The number of methoxy groups -OCH3 is 2. The quantitative estimate of drug-likeness (QED) is 0.301. The highest BCUT2D eigenvalue weighted by atomic mass is 32.2. The van der Waals surface area contributed by atoms with Crippen LogP contribution in [0.3, 0.4) is 0 Å². The van der Waals surface area contributed by atoms with Crippen LogP contribution in [0.4, 0.5) is 5.69 Å². The molecule has 43 heavy (non-hydrogen) atoms. The third-order valence-corrected chi connectivity index (χ3v) is 8.65. The molecule has 0 saturated heterocycles. The normalized spacial score (nSPS) is 12.3. The van der Waals surface area contributed by atoms with Gasteiger partial charge in [0.15, 0.2) is 11.5 Å². The number of hydrogen-bond donors (Lipinski definition) is 1. The number of carbonyl (C=O) groups is 2. The summed E-state index contributed by atoms with van der Waals surface area (Å²) >= 11 is 0. The SMILES string of the molecule is CC[C@@H](C(=O)NC(C)(C)C)N(Cc1cccc(C)c1)C(=O)CN(c1ccc(OC)c(OC)c1)S(=O)(=O)c1ccc(C)cc1. The summed E-state index contributed by atoms with van der Waals surface area (Å²) in [6.07, 6.45) is 0.334. The molecule has 3 rings (SSSR count). The second-order valence-corrected chi connectivity index (χ2v) is 13.4. The summed E-state index contributed by atoms with van der Waals surface area (Å²) in [5.41, 5.74) is 2.42. The van der Waals surface area contributed by atoms with Crippen LogP contribution in [0.15, 0.2) is 71.6 Å². The van der Waals surface area contributed by atoms with E-state index in [9.17, 15) is 18.0 Å². The van der Waals surface area contributed by atoms with Gasteiger partial charge in [-0.25, -0.2) is 8.42 Å². The van der Waals surface area contributed by atoms with Crippen molar-refractivity contribution in [3.63, 3.8) is 0 Å². The standard InChI is InChI=1S/C33H43N3O6S/c1-9-28(32(38)34-33(4,5)6)35(21-25-12-10-11-24(3)19-25)31(37)22-36(26-15-18-29(41-7)30(20-26)42-8)43(39,40)27-16-13-23(2)14-17-27/h10-20,28H,9,21-22H2,1-8H3,(H,34,38)/t28-/m0/s1. The lowest BCUT2D eigenvalue weighted by molar-refractivity contribution is -0.141. The molecule has 0 aliphatic rings. The molecule has 0 spiro atoms. The van der Waals surface area contributed by atoms with E-state index in [4.69, 9.17) is 9.47 Å². The molecule has 0 radical (unpaired) electrons. The number of carbonyl (C=O) groups excluding carboxylic acids is 2. The summed E-state index contributed by atoms with van der Waals surface area (Å²) < 4.78 is 40.1. The van der Waals surface area contributed by atoms with Gasteiger partial charge in [0.25, 0.3) is 10.0 Å². The van der Waals surface area contributed by atoms with Crippen LogP contribution < -0.4 is 19.1 Å².